The number of carbonyl (C=O) groups excluding carboxylic acids is 1. The lowest BCUT2D eigenvalue weighted by molar-refractivity contribution is -0.127. The number of amides is 1. The first-order chi connectivity index (χ1) is 5.84. The number of hydrogen-bond donors (Lipinski definition) is 2. The fraction of sp³-hybridized carbons (Fsp3) is 0.875. The van der Waals surface area contributed by atoms with E-state index >= 15 is 0 Å². The van der Waals surface area contributed by atoms with Crippen LogP contribution in [0.2, 0.25) is 0 Å². The van der Waals surface area contributed by atoms with Gasteiger partial charge in [0.1, 0.15) is 0 Å². The van der Waals surface area contributed by atoms with Gasteiger partial charge in [0, 0.05) is 32.2 Å². The molecule has 0 bridgehead atoms. The molecular weight excluding hydrogens is 192 g/mol. The van der Waals surface area contributed by atoms with Gasteiger partial charge in [-0.05, 0) is 12.8 Å². The van der Waals surface area contributed by atoms with Crippen molar-refractivity contribution in [3.05, 3.63) is 0 Å². The third-order valence-corrected chi connectivity index (χ3v) is 2.04. The lowest BCUT2D eigenvalue weighted by Crippen LogP contribution is -2.36. The summed E-state index contributed by atoms with van der Waals surface area (Å²) in [5, 5.41) is 2.78. The number of halogens is 1. The summed E-state index contributed by atoms with van der Waals surface area (Å²) in [4.78, 5) is 11.3. The zero-order chi connectivity index (χ0) is 8.81. The Labute approximate surface area is 84.6 Å². The Kier molecular flexibility index (Phi) is 6.94. The second kappa shape index (κ2) is 7.12. The fourth-order valence-electron chi connectivity index (χ4n) is 1.30. The van der Waals surface area contributed by atoms with Gasteiger partial charge in [-0.2, -0.15) is 0 Å². The van der Waals surface area contributed by atoms with Gasteiger partial charge in [-0.15, -0.1) is 12.4 Å². The van der Waals surface area contributed by atoms with Crippen molar-refractivity contribution in [1.82, 2.24) is 5.32 Å². The maximum atomic E-state index is 11.3. The summed E-state index contributed by atoms with van der Waals surface area (Å²) in [6.07, 6.45) is 1.69. The molecule has 0 spiro atoms. The maximum Gasteiger partial charge on any atom is 0.223 e. The second-order valence-corrected chi connectivity index (χ2v) is 2.97. The van der Waals surface area contributed by atoms with Crippen molar-refractivity contribution in [3.8, 4) is 0 Å². The lowest BCUT2D eigenvalue weighted by Gasteiger charge is -2.20. The quantitative estimate of drug-likeness (QED) is 0.682. The van der Waals surface area contributed by atoms with Crippen LogP contribution >= 0.6 is 12.4 Å². The molecule has 78 valence electrons. The van der Waals surface area contributed by atoms with Crippen molar-refractivity contribution in [3.63, 3.8) is 0 Å². The van der Waals surface area contributed by atoms with Crippen LogP contribution in [-0.2, 0) is 9.53 Å². The van der Waals surface area contributed by atoms with E-state index in [-0.39, 0.29) is 24.2 Å². The molecule has 0 aromatic heterocycles. The summed E-state index contributed by atoms with van der Waals surface area (Å²) in [5.74, 6) is 0.272. The number of ether oxygens (including phenoxy) is 1. The summed E-state index contributed by atoms with van der Waals surface area (Å²) >= 11 is 0. The number of hydrogen-bond acceptors (Lipinski definition) is 3. The fourth-order valence-corrected chi connectivity index (χ4v) is 1.30. The summed E-state index contributed by atoms with van der Waals surface area (Å²) in [5.41, 5.74) is 5.27. The van der Waals surface area contributed by atoms with Crippen LogP contribution in [0.15, 0.2) is 0 Å². The van der Waals surface area contributed by atoms with Crippen LogP contribution in [0.1, 0.15) is 12.8 Å². The average Bonchev–Trinajstić information content (AvgIpc) is 2.15. The zero-order valence-corrected chi connectivity index (χ0v) is 8.44. The third-order valence-electron chi connectivity index (χ3n) is 2.04. The molecule has 5 heteroatoms. The minimum Gasteiger partial charge on any atom is -0.381 e. The van der Waals surface area contributed by atoms with E-state index in [2.05, 4.69) is 5.32 Å². The van der Waals surface area contributed by atoms with Gasteiger partial charge >= 0.3 is 0 Å². The highest BCUT2D eigenvalue weighted by Crippen LogP contribution is 2.13. The first-order valence-electron chi connectivity index (χ1n) is 4.40. The Balaban J connectivity index is 0.00000144. The molecule has 3 N–H and O–H groups in total. The van der Waals surface area contributed by atoms with Crippen molar-refractivity contribution in [2.45, 2.75) is 12.8 Å². The molecule has 13 heavy (non-hydrogen) atoms. The van der Waals surface area contributed by atoms with E-state index in [1.54, 1.807) is 0 Å². The maximum absolute atomic E-state index is 11.3. The summed E-state index contributed by atoms with van der Waals surface area (Å²) in [6, 6.07) is 0. The highest BCUT2D eigenvalue weighted by Gasteiger charge is 2.20. The van der Waals surface area contributed by atoms with E-state index in [9.17, 15) is 4.79 Å². The van der Waals surface area contributed by atoms with Gasteiger partial charge < -0.3 is 15.8 Å². The number of nitrogens with two attached hydrogens (primary N) is 1. The minimum absolute atomic E-state index is 0. The topological polar surface area (TPSA) is 64.3 Å². The molecule has 0 radical (unpaired) electrons. The van der Waals surface area contributed by atoms with Crippen molar-refractivity contribution in [1.29, 1.82) is 0 Å². The molecule has 0 aliphatic carbocycles. The molecule has 0 saturated carbocycles. The van der Waals surface area contributed by atoms with E-state index in [4.69, 9.17) is 10.5 Å². The van der Waals surface area contributed by atoms with Crippen LogP contribution in [0, 0.1) is 5.92 Å². The molecule has 0 aromatic carbocycles. The summed E-state index contributed by atoms with van der Waals surface area (Å²) < 4.78 is 5.15. The standard InChI is InChI=1S/C8H16N2O2.ClH/c9-3-4-10-8(11)7-1-5-12-6-2-7;/h7H,1-6,9H2,(H,10,11);1H. The largest absolute Gasteiger partial charge is 0.381 e. The van der Waals surface area contributed by atoms with Crippen LogP contribution in [-0.4, -0.2) is 32.2 Å². The number of nitrogens with one attached hydrogen (secondary N) is 1. The van der Waals surface area contributed by atoms with Gasteiger partial charge in [-0.25, -0.2) is 0 Å². The molecular formula is C8H17ClN2O2. The van der Waals surface area contributed by atoms with E-state index in [1.807, 2.05) is 0 Å². The van der Waals surface area contributed by atoms with Crippen molar-refractivity contribution >= 4 is 18.3 Å². The van der Waals surface area contributed by atoms with Gasteiger partial charge in [0.05, 0.1) is 0 Å². The van der Waals surface area contributed by atoms with Gasteiger partial charge in [0.2, 0.25) is 5.91 Å². The Morgan fingerprint density at radius 2 is 2.08 bits per heavy atom. The predicted molar refractivity (Wildman–Crippen MR) is 52.9 cm³/mol. The smallest absolute Gasteiger partial charge is 0.223 e. The third kappa shape index (κ3) is 4.45. The molecule has 1 fully saturated rings. The highest BCUT2D eigenvalue weighted by atomic mass is 35.5. The Bertz CT molecular complexity index is 149. The molecule has 1 rings (SSSR count). The molecule has 1 aliphatic heterocycles. The molecule has 0 aromatic rings. The average molecular weight is 209 g/mol. The SMILES string of the molecule is Cl.NCCNC(=O)C1CCOCC1. The van der Waals surface area contributed by atoms with Crippen molar-refractivity contribution in [2.24, 2.45) is 11.7 Å². The van der Waals surface area contributed by atoms with Gasteiger partial charge in [0.25, 0.3) is 0 Å². The Hall–Kier alpha value is -0.320. The Morgan fingerprint density at radius 3 is 2.62 bits per heavy atom. The van der Waals surface area contributed by atoms with Gasteiger partial charge in [-0.3, -0.25) is 4.79 Å². The van der Waals surface area contributed by atoms with E-state index in [1.165, 1.54) is 0 Å². The minimum atomic E-state index is 0. The van der Waals surface area contributed by atoms with Crippen LogP contribution in [0.25, 0.3) is 0 Å². The van der Waals surface area contributed by atoms with Crippen LogP contribution < -0.4 is 11.1 Å². The Morgan fingerprint density at radius 1 is 1.46 bits per heavy atom. The molecule has 1 saturated heterocycles. The highest BCUT2D eigenvalue weighted by molar-refractivity contribution is 5.85. The molecule has 1 aliphatic rings. The molecule has 0 unspecified atom stereocenters. The van der Waals surface area contributed by atoms with Crippen molar-refractivity contribution < 1.29 is 9.53 Å². The zero-order valence-electron chi connectivity index (χ0n) is 7.62. The first-order valence-corrected chi connectivity index (χ1v) is 4.40. The molecule has 0 atom stereocenters. The molecule has 1 amide bonds. The van der Waals surface area contributed by atoms with Gasteiger partial charge in [-0.1, -0.05) is 0 Å². The van der Waals surface area contributed by atoms with E-state index in [0.717, 1.165) is 12.8 Å². The second-order valence-electron chi connectivity index (χ2n) is 2.97. The van der Waals surface area contributed by atoms with Crippen LogP contribution in [0.5, 0.6) is 0 Å². The monoisotopic (exact) mass is 208 g/mol. The van der Waals surface area contributed by atoms with E-state index in [0.29, 0.717) is 26.3 Å². The summed E-state index contributed by atoms with van der Waals surface area (Å²) in [6.45, 7) is 2.51. The normalized spacial score (nSPS) is 17.6. The van der Waals surface area contributed by atoms with Crippen LogP contribution in [0.4, 0.5) is 0 Å². The van der Waals surface area contributed by atoms with Gasteiger partial charge in [0.15, 0.2) is 0 Å². The molecule has 4 nitrogen and oxygen atoms in total. The van der Waals surface area contributed by atoms with Crippen molar-refractivity contribution in [2.75, 3.05) is 26.3 Å². The predicted octanol–water partition coefficient (Wildman–Crippen LogP) is -0.0903. The number of carbonyl (C=O) groups is 1. The summed E-state index contributed by atoms with van der Waals surface area (Å²) in [7, 11) is 0. The lowest BCUT2D eigenvalue weighted by atomic mass is 9.99. The van der Waals surface area contributed by atoms with Crippen LogP contribution in [0.3, 0.4) is 0 Å². The molecule has 1 heterocycles. The first kappa shape index (κ1) is 12.7. The number of rotatable bonds is 3. The van der Waals surface area contributed by atoms with E-state index < -0.39 is 0 Å².